The molecule has 2 heterocycles. The van der Waals surface area contributed by atoms with E-state index in [4.69, 9.17) is 15.0 Å². The van der Waals surface area contributed by atoms with E-state index in [-0.39, 0.29) is 0 Å². The molecule has 0 spiro atoms. The van der Waals surface area contributed by atoms with Crippen molar-refractivity contribution in [3.8, 4) is 0 Å². The maximum atomic E-state index is 4.82. The van der Waals surface area contributed by atoms with Crippen LogP contribution in [0.5, 0.6) is 0 Å². The first kappa shape index (κ1) is 20.5. The second-order valence-corrected chi connectivity index (χ2v) is 9.94. The van der Waals surface area contributed by atoms with Crippen LogP contribution in [-0.2, 0) is 0 Å². The van der Waals surface area contributed by atoms with Crippen LogP contribution >= 0.6 is 0 Å². The normalized spacial score (nSPS) is 27.2. The zero-order valence-electron chi connectivity index (χ0n) is 18.8. The van der Waals surface area contributed by atoms with Crippen LogP contribution < -0.4 is 20.9 Å². The molecule has 1 aromatic carbocycles. The second kappa shape index (κ2) is 8.61. The smallest absolute Gasteiger partial charge is 0.233 e. The number of fused-ring (bicyclic) bond motifs is 2. The Labute approximate surface area is 185 Å². The molecule has 1 saturated heterocycles. The fraction of sp³-hybridized carbons (Fsp3) is 0.625. The van der Waals surface area contributed by atoms with Gasteiger partial charge in [-0.3, -0.25) is 0 Å². The standard InChI is InChI=1S/C24H35N7/c1-24(2)18-10-9-17(20(24)15-18)16-26-21-28-22(27-19-7-4-3-5-8-19)30-23(29-21)31-13-6-11-25-12-14-31/h3-5,7-8,17-18,20,25H,6,9-16H2,1-2H3,(H2,26,27,28,29,30)/t17?,18-,20-/m0/s1. The molecule has 4 aliphatic rings. The molecular formula is C24H35N7. The number of hydrogen-bond acceptors (Lipinski definition) is 7. The quantitative estimate of drug-likeness (QED) is 0.653. The molecule has 0 amide bonds. The van der Waals surface area contributed by atoms with Gasteiger partial charge in [0.2, 0.25) is 17.8 Å². The van der Waals surface area contributed by atoms with Crippen molar-refractivity contribution in [3.63, 3.8) is 0 Å². The number of benzene rings is 1. The number of anilines is 4. The largest absolute Gasteiger partial charge is 0.354 e. The predicted molar refractivity (Wildman–Crippen MR) is 126 cm³/mol. The molecule has 7 nitrogen and oxygen atoms in total. The molecule has 2 bridgehead atoms. The topological polar surface area (TPSA) is 78.0 Å². The summed E-state index contributed by atoms with van der Waals surface area (Å²) in [5.74, 6) is 4.48. The third-order valence-corrected chi connectivity index (χ3v) is 7.80. The van der Waals surface area contributed by atoms with Crippen molar-refractivity contribution in [2.45, 2.75) is 39.5 Å². The number of hydrogen-bond donors (Lipinski definition) is 3. The zero-order chi connectivity index (χ0) is 21.3. The third kappa shape index (κ3) is 4.33. The SMILES string of the molecule is CC1(C)[C@H]2CCC(CNc3nc(Nc4ccccc4)nc(N4CCCNCC4)n3)[C@@H]1C2. The molecule has 0 radical (unpaired) electrons. The monoisotopic (exact) mass is 421 g/mol. The summed E-state index contributed by atoms with van der Waals surface area (Å²) in [6.07, 6.45) is 5.16. The van der Waals surface area contributed by atoms with Crippen molar-refractivity contribution in [1.82, 2.24) is 20.3 Å². The Morgan fingerprint density at radius 3 is 2.68 bits per heavy atom. The first-order chi connectivity index (χ1) is 15.1. The number of nitrogens with zero attached hydrogens (tertiary/aromatic N) is 4. The van der Waals surface area contributed by atoms with Gasteiger partial charge in [0, 0.05) is 31.9 Å². The number of para-hydroxylation sites is 1. The molecule has 3 aliphatic carbocycles. The zero-order valence-corrected chi connectivity index (χ0v) is 18.8. The summed E-state index contributed by atoms with van der Waals surface area (Å²) in [6.45, 7) is 9.72. The van der Waals surface area contributed by atoms with Gasteiger partial charge in [-0.05, 0) is 67.5 Å². The molecule has 4 fully saturated rings. The summed E-state index contributed by atoms with van der Waals surface area (Å²) in [6, 6.07) is 10.1. The van der Waals surface area contributed by atoms with E-state index in [2.05, 4.69) is 34.7 Å². The van der Waals surface area contributed by atoms with Crippen molar-refractivity contribution >= 4 is 23.5 Å². The van der Waals surface area contributed by atoms with Gasteiger partial charge in [-0.2, -0.15) is 15.0 Å². The van der Waals surface area contributed by atoms with Gasteiger partial charge in [-0.25, -0.2) is 0 Å². The summed E-state index contributed by atoms with van der Waals surface area (Å²) < 4.78 is 0. The lowest BCUT2D eigenvalue weighted by Gasteiger charge is -2.60. The molecule has 1 aliphatic heterocycles. The highest BCUT2D eigenvalue weighted by molar-refractivity contribution is 5.55. The van der Waals surface area contributed by atoms with Gasteiger partial charge in [0.15, 0.2) is 0 Å². The maximum Gasteiger partial charge on any atom is 0.233 e. The van der Waals surface area contributed by atoms with Crippen LogP contribution in [0.3, 0.4) is 0 Å². The van der Waals surface area contributed by atoms with Gasteiger partial charge < -0.3 is 20.9 Å². The third-order valence-electron chi connectivity index (χ3n) is 7.80. The molecule has 3 saturated carbocycles. The van der Waals surface area contributed by atoms with Crippen molar-refractivity contribution in [2.24, 2.45) is 23.2 Å². The first-order valence-electron chi connectivity index (χ1n) is 11.9. The van der Waals surface area contributed by atoms with Gasteiger partial charge in [0.1, 0.15) is 0 Å². The highest BCUT2D eigenvalue weighted by Gasteiger charge is 2.53. The Morgan fingerprint density at radius 1 is 1.03 bits per heavy atom. The van der Waals surface area contributed by atoms with E-state index < -0.39 is 0 Å². The van der Waals surface area contributed by atoms with E-state index in [1.54, 1.807) is 0 Å². The minimum absolute atomic E-state index is 0.494. The highest BCUT2D eigenvalue weighted by atomic mass is 15.3. The molecule has 7 heteroatoms. The Kier molecular flexibility index (Phi) is 5.69. The van der Waals surface area contributed by atoms with Crippen LogP contribution in [0.25, 0.3) is 0 Å². The van der Waals surface area contributed by atoms with Gasteiger partial charge in [0.25, 0.3) is 0 Å². The minimum Gasteiger partial charge on any atom is -0.354 e. The van der Waals surface area contributed by atoms with Crippen LogP contribution in [0.15, 0.2) is 30.3 Å². The maximum absolute atomic E-state index is 4.82. The van der Waals surface area contributed by atoms with Crippen LogP contribution in [0.2, 0.25) is 0 Å². The molecule has 1 aromatic heterocycles. The van der Waals surface area contributed by atoms with Crippen LogP contribution in [0.4, 0.5) is 23.5 Å². The average molecular weight is 422 g/mol. The molecule has 2 aromatic rings. The van der Waals surface area contributed by atoms with E-state index >= 15 is 0 Å². The molecule has 3 N–H and O–H groups in total. The van der Waals surface area contributed by atoms with Gasteiger partial charge >= 0.3 is 0 Å². The van der Waals surface area contributed by atoms with Crippen molar-refractivity contribution in [3.05, 3.63) is 30.3 Å². The van der Waals surface area contributed by atoms with E-state index in [1.165, 1.54) is 19.3 Å². The van der Waals surface area contributed by atoms with E-state index in [9.17, 15) is 0 Å². The first-order valence-corrected chi connectivity index (χ1v) is 11.9. The molecule has 6 rings (SSSR count). The molecular weight excluding hydrogens is 386 g/mol. The molecule has 166 valence electrons. The lowest BCUT2D eigenvalue weighted by atomic mass is 9.45. The van der Waals surface area contributed by atoms with E-state index in [1.807, 2.05) is 30.3 Å². The molecule has 31 heavy (non-hydrogen) atoms. The number of nitrogens with one attached hydrogen (secondary N) is 3. The Balaban J connectivity index is 1.35. The van der Waals surface area contributed by atoms with E-state index in [0.29, 0.717) is 23.2 Å². The van der Waals surface area contributed by atoms with Crippen molar-refractivity contribution in [1.29, 1.82) is 0 Å². The molecule has 1 unspecified atom stereocenters. The highest BCUT2D eigenvalue weighted by Crippen LogP contribution is 2.61. The summed E-state index contributed by atoms with van der Waals surface area (Å²) in [5.41, 5.74) is 1.48. The van der Waals surface area contributed by atoms with Crippen LogP contribution in [0, 0.1) is 23.2 Å². The Hall–Kier alpha value is -2.41. The fourth-order valence-electron chi connectivity index (χ4n) is 5.77. The lowest BCUT2D eigenvalue weighted by Crippen LogP contribution is -2.53. The summed E-state index contributed by atoms with van der Waals surface area (Å²) >= 11 is 0. The second-order valence-electron chi connectivity index (χ2n) is 9.94. The Bertz CT molecular complexity index is 875. The van der Waals surface area contributed by atoms with Gasteiger partial charge in [-0.1, -0.05) is 32.0 Å². The van der Waals surface area contributed by atoms with Gasteiger partial charge in [-0.15, -0.1) is 0 Å². The van der Waals surface area contributed by atoms with Crippen LogP contribution in [-0.4, -0.2) is 47.7 Å². The number of rotatable bonds is 6. The van der Waals surface area contributed by atoms with Crippen LogP contribution in [0.1, 0.15) is 39.5 Å². The van der Waals surface area contributed by atoms with Crippen molar-refractivity contribution in [2.75, 3.05) is 48.3 Å². The van der Waals surface area contributed by atoms with E-state index in [0.717, 1.165) is 62.6 Å². The summed E-state index contributed by atoms with van der Waals surface area (Å²) in [4.78, 5) is 16.6. The van der Waals surface area contributed by atoms with Crippen molar-refractivity contribution < 1.29 is 0 Å². The van der Waals surface area contributed by atoms with Gasteiger partial charge in [0.05, 0.1) is 0 Å². The summed E-state index contributed by atoms with van der Waals surface area (Å²) in [7, 11) is 0. The lowest BCUT2D eigenvalue weighted by molar-refractivity contribution is -0.100. The summed E-state index contributed by atoms with van der Waals surface area (Å²) in [5, 5.41) is 10.4. The minimum atomic E-state index is 0.494. The predicted octanol–water partition coefficient (Wildman–Crippen LogP) is 3.90. The average Bonchev–Trinajstić information content (AvgIpc) is 3.08. The number of aromatic nitrogens is 3. The fourth-order valence-corrected chi connectivity index (χ4v) is 5.77. The Morgan fingerprint density at radius 2 is 1.87 bits per heavy atom. The molecule has 3 atom stereocenters.